The molecule has 0 spiro atoms. The lowest BCUT2D eigenvalue weighted by Crippen LogP contribution is -2.48. The lowest BCUT2D eigenvalue weighted by Gasteiger charge is -2.22. The fourth-order valence-corrected chi connectivity index (χ4v) is 1.68. The van der Waals surface area contributed by atoms with Crippen molar-refractivity contribution in [2.24, 2.45) is 0 Å². The Hall–Kier alpha value is -1.96. The number of likely N-dealkylation sites (N-methyl/N-ethyl adjacent to an activating group) is 1. The molecule has 1 aliphatic rings. The molecule has 0 N–H and O–H groups in total. The third-order valence-electron chi connectivity index (χ3n) is 2.43. The molecule has 100 valence electrons. The summed E-state index contributed by atoms with van der Waals surface area (Å²) in [6.45, 7) is -0.215. The van der Waals surface area contributed by atoms with Crippen LogP contribution in [-0.2, 0) is 18.9 Å². The van der Waals surface area contributed by atoms with E-state index in [9.17, 15) is 18.4 Å². The van der Waals surface area contributed by atoms with Crippen molar-refractivity contribution >= 4 is 24.5 Å². The predicted molar refractivity (Wildman–Crippen MR) is 61.4 cm³/mol. The summed E-state index contributed by atoms with van der Waals surface area (Å²) in [5, 5.41) is 0. The maximum absolute atomic E-state index is 13.1. The number of halogens is 2. The van der Waals surface area contributed by atoms with Crippen LogP contribution >= 0.6 is 0 Å². The normalized spacial score (nSPS) is 17.5. The minimum atomic E-state index is -1.43. The SMILES string of the molecule is CN1CC(=O)OB(c2cc(F)cc(F)c2)OC(=O)C1. The van der Waals surface area contributed by atoms with E-state index in [0.717, 1.165) is 12.1 Å². The standard InChI is InChI=1S/C11H10BF2NO4/c1-15-5-10(16)18-12(19-11(17)6-15)7-2-8(13)4-9(14)3-7/h2-4H,5-6H2,1H3. The van der Waals surface area contributed by atoms with Crippen LogP contribution in [0.25, 0.3) is 0 Å². The molecule has 1 saturated heterocycles. The van der Waals surface area contributed by atoms with Crippen LogP contribution in [0.15, 0.2) is 18.2 Å². The molecule has 0 amide bonds. The maximum atomic E-state index is 13.1. The van der Waals surface area contributed by atoms with E-state index in [2.05, 4.69) is 0 Å². The van der Waals surface area contributed by atoms with E-state index in [1.54, 1.807) is 7.05 Å². The number of rotatable bonds is 1. The molecule has 1 aromatic rings. The molecule has 0 radical (unpaired) electrons. The van der Waals surface area contributed by atoms with Gasteiger partial charge in [-0.1, -0.05) is 0 Å². The van der Waals surface area contributed by atoms with Crippen LogP contribution < -0.4 is 5.46 Å². The Kier molecular flexibility index (Phi) is 3.80. The van der Waals surface area contributed by atoms with Gasteiger partial charge in [0.15, 0.2) is 0 Å². The van der Waals surface area contributed by atoms with Gasteiger partial charge < -0.3 is 9.31 Å². The number of carbonyl (C=O) groups excluding carboxylic acids is 2. The van der Waals surface area contributed by atoms with E-state index in [1.165, 1.54) is 4.90 Å². The molecule has 1 aliphatic heterocycles. The number of benzene rings is 1. The fourth-order valence-electron chi connectivity index (χ4n) is 1.68. The van der Waals surface area contributed by atoms with E-state index in [1.807, 2.05) is 0 Å². The molecule has 0 unspecified atom stereocenters. The number of carbonyl (C=O) groups is 2. The zero-order valence-corrected chi connectivity index (χ0v) is 10.1. The molecule has 1 aromatic carbocycles. The summed E-state index contributed by atoms with van der Waals surface area (Å²) in [6, 6.07) is 2.56. The molecular weight excluding hydrogens is 259 g/mol. The lowest BCUT2D eigenvalue weighted by molar-refractivity contribution is -0.145. The average molecular weight is 269 g/mol. The van der Waals surface area contributed by atoms with Gasteiger partial charge in [0.05, 0.1) is 13.1 Å². The number of hydrogen-bond acceptors (Lipinski definition) is 5. The van der Waals surface area contributed by atoms with Gasteiger partial charge in [0, 0.05) is 11.5 Å². The van der Waals surface area contributed by atoms with Crippen molar-refractivity contribution in [1.82, 2.24) is 4.90 Å². The molecular formula is C11H10BF2NO4. The molecule has 8 heteroatoms. The summed E-state index contributed by atoms with van der Waals surface area (Å²) in [5.41, 5.74) is -0.0660. The number of nitrogens with zero attached hydrogens (tertiary/aromatic N) is 1. The molecule has 2 rings (SSSR count). The second kappa shape index (κ2) is 5.35. The average Bonchev–Trinajstić information content (AvgIpc) is 2.24. The first-order valence-electron chi connectivity index (χ1n) is 5.47. The van der Waals surface area contributed by atoms with E-state index < -0.39 is 30.7 Å². The Morgan fingerprint density at radius 3 is 2.00 bits per heavy atom. The first-order valence-corrected chi connectivity index (χ1v) is 5.47. The van der Waals surface area contributed by atoms with Gasteiger partial charge in [0.25, 0.3) is 0 Å². The van der Waals surface area contributed by atoms with Crippen LogP contribution in [0.4, 0.5) is 8.78 Å². The minimum Gasteiger partial charge on any atom is -0.494 e. The van der Waals surface area contributed by atoms with E-state index >= 15 is 0 Å². The Morgan fingerprint density at radius 1 is 1.05 bits per heavy atom. The largest absolute Gasteiger partial charge is 0.636 e. The van der Waals surface area contributed by atoms with Crippen LogP contribution in [-0.4, -0.2) is 44.1 Å². The highest BCUT2D eigenvalue weighted by molar-refractivity contribution is 6.64. The summed E-state index contributed by atoms with van der Waals surface area (Å²) in [4.78, 5) is 24.3. The van der Waals surface area contributed by atoms with Gasteiger partial charge in [-0.05, 0) is 19.2 Å². The van der Waals surface area contributed by atoms with E-state index in [0.29, 0.717) is 6.07 Å². The van der Waals surface area contributed by atoms with Crippen molar-refractivity contribution in [2.45, 2.75) is 0 Å². The molecule has 0 aliphatic carbocycles. The first kappa shape index (κ1) is 13.5. The smallest absolute Gasteiger partial charge is 0.494 e. The zero-order valence-electron chi connectivity index (χ0n) is 10.1. The molecule has 0 saturated carbocycles. The Labute approximate surface area is 108 Å². The lowest BCUT2D eigenvalue weighted by atomic mass is 9.78. The molecule has 5 nitrogen and oxygen atoms in total. The fraction of sp³-hybridized carbons (Fsp3) is 0.273. The third-order valence-corrected chi connectivity index (χ3v) is 2.43. The second-order valence-electron chi connectivity index (χ2n) is 4.19. The quantitative estimate of drug-likeness (QED) is 0.655. The Bertz CT molecular complexity index is 485. The summed E-state index contributed by atoms with van der Waals surface area (Å²) < 4.78 is 35.9. The predicted octanol–water partition coefficient (Wildman–Crippen LogP) is -0.308. The highest BCUT2D eigenvalue weighted by Crippen LogP contribution is 2.05. The minimum absolute atomic E-state index is 0.0660. The van der Waals surface area contributed by atoms with Crippen molar-refractivity contribution in [3.63, 3.8) is 0 Å². The van der Waals surface area contributed by atoms with Crippen molar-refractivity contribution in [3.05, 3.63) is 29.8 Å². The van der Waals surface area contributed by atoms with Crippen molar-refractivity contribution in [1.29, 1.82) is 0 Å². The van der Waals surface area contributed by atoms with Crippen molar-refractivity contribution < 1.29 is 27.7 Å². The third kappa shape index (κ3) is 3.51. The first-order chi connectivity index (χ1) is 8.94. The van der Waals surface area contributed by atoms with Crippen LogP contribution in [0.1, 0.15) is 0 Å². The Morgan fingerprint density at radius 2 is 1.53 bits per heavy atom. The second-order valence-corrected chi connectivity index (χ2v) is 4.19. The summed E-state index contributed by atoms with van der Waals surface area (Å²) >= 11 is 0. The molecule has 0 atom stereocenters. The highest BCUT2D eigenvalue weighted by atomic mass is 19.1. The van der Waals surface area contributed by atoms with Gasteiger partial charge in [-0.15, -0.1) is 0 Å². The van der Waals surface area contributed by atoms with Gasteiger partial charge in [-0.25, -0.2) is 8.78 Å². The Balaban J connectivity index is 2.26. The summed E-state index contributed by atoms with van der Waals surface area (Å²) in [6.07, 6.45) is 0. The topological polar surface area (TPSA) is 55.8 Å². The van der Waals surface area contributed by atoms with Gasteiger partial charge in [0.1, 0.15) is 11.6 Å². The number of hydrogen-bond donors (Lipinski definition) is 0. The monoisotopic (exact) mass is 269 g/mol. The van der Waals surface area contributed by atoms with Crippen LogP contribution in [0.3, 0.4) is 0 Å². The van der Waals surface area contributed by atoms with Gasteiger partial charge in [0.2, 0.25) is 0 Å². The molecule has 1 fully saturated rings. The zero-order chi connectivity index (χ0) is 14.0. The van der Waals surface area contributed by atoms with E-state index in [-0.39, 0.29) is 18.6 Å². The summed E-state index contributed by atoms with van der Waals surface area (Å²) in [7, 11) is 0.115. The van der Waals surface area contributed by atoms with Crippen LogP contribution in [0, 0.1) is 11.6 Å². The van der Waals surface area contributed by atoms with Gasteiger partial charge >= 0.3 is 19.1 Å². The van der Waals surface area contributed by atoms with Crippen molar-refractivity contribution in [2.75, 3.05) is 20.1 Å². The van der Waals surface area contributed by atoms with Gasteiger partial charge in [-0.3, -0.25) is 14.5 Å². The molecule has 0 bridgehead atoms. The highest BCUT2D eigenvalue weighted by Gasteiger charge is 2.34. The van der Waals surface area contributed by atoms with E-state index in [4.69, 9.17) is 9.31 Å². The maximum Gasteiger partial charge on any atom is 0.636 e. The molecule has 1 heterocycles. The molecule has 19 heavy (non-hydrogen) atoms. The van der Waals surface area contributed by atoms with Crippen LogP contribution in [0.2, 0.25) is 0 Å². The van der Waals surface area contributed by atoms with Crippen molar-refractivity contribution in [3.8, 4) is 0 Å². The summed E-state index contributed by atoms with van der Waals surface area (Å²) in [5.74, 6) is -2.99. The molecule has 0 aromatic heterocycles. The van der Waals surface area contributed by atoms with Gasteiger partial charge in [-0.2, -0.15) is 0 Å². The van der Waals surface area contributed by atoms with Crippen LogP contribution in [0.5, 0.6) is 0 Å².